The molecular weight excluding hydrogens is 354 g/mol. The van der Waals surface area contributed by atoms with E-state index in [1.807, 2.05) is 48.0 Å². The Labute approximate surface area is 159 Å². The summed E-state index contributed by atoms with van der Waals surface area (Å²) >= 11 is 0. The Balaban J connectivity index is 1.44. The molecule has 0 saturated heterocycles. The van der Waals surface area contributed by atoms with Crippen LogP contribution in [-0.2, 0) is 6.54 Å². The predicted octanol–water partition coefficient (Wildman–Crippen LogP) is 2.84. The Morgan fingerprint density at radius 3 is 2.93 bits per heavy atom. The second kappa shape index (κ2) is 6.34. The summed E-state index contributed by atoms with van der Waals surface area (Å²) in [6.45, 7) is 2.37. The van der Waals surface area contributed by atoms with Gasteiger partial charge in [-0.2, -0.15) is 10.2 Å². The number of aryl methyl sites for hydroxylation is 1. The first-order valence-corrected chi connectivity index (χ1v) is 8.86. The topological polar surface area (TPSA) is 104 Å². The molecule has 0 saturated carbocycles. The number of benzene rings is 1. The number of hydrogen-bond donors (Lipinski definition) is 3. The highest BCUT2D eigenvalue weighted by Crippen LogP contribution is 2.26. The Bertz CT molecular complexity index is 1300. The number of imidazole rings is 1. The molecule has 4 aromatic heterocycles. The molecule has 0 radical (unpaired) electrons. The van der Waals surface area contributed by atoms with Gasteiger partial charge in [0.2, 0.25) is 0 Å². The van der Waals surface area contributed by atoms with Gasteiger partial charge >= 0.3 is 0 Å². The number of carbonyl (C=O) groups excluding carboxylic acids is 1. The SMILES string of the molecule is Cc1ccc2nc(CNC(=O)c3cc(-c4cn[nH]c4)cc4[nH]ncc34)cn2c1. The molecule has 0 fully saturated rings. The van der Waals surface area contributed by atoms with Crippen molar-refractivity contribution >= 4 is 22.5 Å². The van der Waals surface area contributed by atoms with Gasteiger partial charge in [-0.05, 0) is 36.2 Å². The molecule has 0 spiro atoms. The minimum absolute atomic E-state index is 0.176. The second-order valence-corrected chi connectivity index (χ2v) is 6.73. The fraction of sp³-hybridized carbons (Fsp3) is 0.100. The van der Waals surface area contributed by atoms with Crippen LogP contribution in [0.1, 0.15) is 21.6 Å². The molecule has 3 N–H and O–H groups in total. The molecule has 4 heterocycles. The average molecular weight is 371 g/mol. The van der Waals surface area contributed by atoms with Crippen LogP contribution in [0, 0.1) is 6.92 Å². The fourth-order valence-corrected chi connectivity index (χ4v) is 3.32. The van der Waals surface area contributed by atoms with Crippen LogP contribution >= 0.6 is 0 Å². The van der Waals surface area contributed by atoms with Crippen LogP contribution in [0.15, 0.2) is 55.2 Å². The highest BCUT2D eigenvalue weighted by Gasteiger charge is 2.15. The monoisotopic (exact) mass is 371 g/mol. The summed E-state index contributed by atoms with van der Waals surface area (Å²) < 4.78 is 1.96. The minimum Gasteiger partial charge on any atom is -0.346 e. The molecule has 1 aromatic carbocycles. The van der Waals surface area contributed by atoms with Crippen LogP contribution in [0.25, 0.3) is 27.7 Å². The van der Waals surface area contributed by atoms with Gasteiger partial charge in [0.15, 0.2) is 0 Å². The fourth-order valence-electron chi connectivity index (χ4n) is 3.32. The lowest BCUT2D eigenvalue weighted by atomic mass is 10.0. The van der Waals surface area contributed by atoms with E-state index in [0.717, 1.165) is 38.9 Å². The maximum Gasteiger partial charge on any atom is 0.252 e. The van der Waals surface area contributed by atoms with Gasteiger partial charge in [-0.3, -0.25) is 15.0 Å². The molecule has 8 heteroatoms. The molecule has 0 aliphatic carbocycles. The van der Waals surface area contributed by atoms with Gasteiger partial charge < -0.3 is 9.72 Å². The molecule has 28 heavy (non-hydrogen) atoms. The van der Waals surface area contributed by atoms with Crippen LogP contribution in [0.4, 0.5) is 0 Å². The van der Waals surface area contributed by atoms with Crippen LogP contribution in [0.2, 0.25) is 0 Å². The van der Waals surface area contributed by atoms with E-state index in [1.165, 1.54) is 0 Å². The van der Waals surface area contributed by atoms with E-state index in [0.29, 0.717) is 12.1 Å². The van der Waals surface area contributed by atoms with Crippen molar-refractivity contribution in [2.75, 3.05) is 0 Å². The zero-order valence-corrected chi connectivity index (χ0v) is 15.1. The quantitative estimate of drug-likeness (QED) is 0.452. The van der Waals surface area contributed by atoms with E-state index in [-0.39, 0.29) is 5.91 Å². The van der Waals surface area contributed by atoms with Crippen molar-refractivity contribution in [3.8, 4) is 11.1 Å². The van der Waals surface area contributed by atoms with Crippen LogP contribution in [0.5, 0.6) is 0 Å². The summed E-state index contributed by atoms with van der Waals surface area (Å²) in [5.74, 6) is -0.176. The molecule has 5 rings (SSSR count). The Hall–Kier alpha value is -3.94. The Morgan fingerprint density at radius 1 is 1.14 bits per heavy atom. The lowest BCUT2D eigenvalue weighted by Crippen LogP contribution is -2.23. The first-order chi connectivity index (χ1) is 13.7. The predicted molar refractivity (Wildman–Crippen MR) is 105 cm³/mol. The van der Waals surface area contributed by atoms with E-state index < -0.39 is 0 Å². The average Bonchev–Trinajstić information content (AvgIpc) is 3.44. The summed E-state index contributed by atoms with van der Waals surface area (Å²) in [5, 5.41) is 17.5. The highest BCUT2D eigenvalue weighted by atomic mass is 16.1. The molecule has 0 aliphatic heterocycles. The summed E-state index contributed by atoms with van der Waals surface area (Å²) in [5.41, 5.74) is 5.95. The lowest BCUT2D eigenvalue weighted by molar-refractivity contribution is 0.0952. The number of rotatable bonds is 4. The van der Waals surface area contributed by atoms with Crippen molar-refractivity contribution in [1.82, 2.24) is 35.1 Å². The molecule has 5 aromatic rings. The third kappa shape index (κ3) is 2.81. The Morgan fingerprint density at radius 2 is 2.07 bits per heavy atom. The van der Waals surface area contributed by atoms with Gasteiger partial charge in [0.1, 0.15) is 5.65 Å². The van der Waals surface area contributed by atoms with Crippen molar-refractivity contribution in [1.29, 1.82) is 0 Å². The second-order valence-electron chi connectivity index (χ2n) is 6.73. The molecule has 0 aliphatic rings. The third-order valence-corrected chi connectivity index (χ3v) is 4.71. The smallest absolute Gasteiger partial charge is 0.252 e. The number of amides is 1. The highest BCUT2D eigenvalue weighted by molar-refractivity contribution is 6.07. The normalized spacial score (nSPS) is 11.3. The zero-order chi connectivity index (χ0) is 19.1. The molecule has 8 nitrogen and oxygen atoms in total. The standard InChI is InChI=1S/C20H17N7O/c1-12-2-3-19-25-15(11-27(19)10-12)8-21-20(28)16-4-13(14-6-22-23-7-14)5-18-17(16)9-24-26-18/h2-7,9-11H,8H2,1H3,(H,21,28)(H,22,23)(H,24,26). The number of pyridine rings is 1. The molecule has 0 unspecified atom stereocenters. The summed E-state index contributed by atoms with van der Waals surface area (Å²) in [6.07, 6.45) is 9.11. The maximum atomic E-state index is 12.9. The number of nitrogens with one attached hydrogen (secondary N) is 3. The van der Waals surface area contributed by atoms with Crippen molar-refractivity contribution in [3.63, 3.8) is 0 Å². The van der Waals surface area contributed by atoms with Gasteiger partial charge in [-0.15, -0.1) is 0 Å². The van der Waals surface area contributed by atoms with E-state index in [4.69, 9.17) is 0 Å². The van der Waals surface area contributed by atoms with E-state index in [1.54, 1.807) is 18.6 Å². The zero-order valence-electron chi connectivity index (χ0n) is 15.1. The number of hydrogen-bond acceptors (Lipinski definition) is 4. The van der Waals surface area contributed by atoms with Crippen LogP contribution in [-0.4, -0.2) is 35.7 Å². The Kier molecular flexibility index (Phi) is 3.68. The maximum absolute atomic E-state index is 12.9. The molecule has 0 bridgehead atoms. The van der Waals surface area contributed by atoms with Crippen LogP contribution < -0.4 is 5.32 Å². The van der Waals surface area contributed by atoms with Gasteiger partial charge in [-0.25, -0.2) is 4.98 Å². The summed E-state index contributed by atoms with van der Waals surface area (Å²) in [6, 6.07) is 7.78. The lowest BCUT2D eigenvalue weighted by Gasteiger charge is -2.07. The number of aromatic nitrogens is 6. The first kappa shape index (κ1) is 16.2. The van der Waals surface area contributed by atoms with Crippen molar-refractivity contribution in [2.24, 2.45) is 0 Å². The van der Waals surface area contributed by atoms with Crippen molar-refractivity contribution < 1.29 is 4.79 Å². The number of carbonyl (C=O) groups is 1. The number of fused-ring (bicyclic) bond motifs is 2. The third-order valence-electron chi connectivity index (χ3n) is 4.71. The largest absolute Gasteiger partial charge is 0.346 e. The van der Waals surface area contributed by atoms with Gasteiger partial charge in [0.05, 0.1) is 35.7 Å². The molecular formula is C20H17N7O. The van der Waals surface area contributed by atoms with E-state index >= 15 is 0 Å². The number of aromatic amines is 2. The van der Waals surface area contributed by atoms with Gasteiger partial charge in [-0.1, -0.05) is 6.07 Å². The molecule has 1 amide bonds. The number of nitrogens with zero attached hydrogens (tertiary/aromatic N) is 4. The van der Waals surface area contributed by atoms with Crippen molar-refractivity contribution in [3.05, 3.63) is 72.1 Å². The van der Waals surface area contributed by atoms with Crippen LogP contribution in [0.3, 0.4) is 0 Å². The van der Waals surface area contributed by atoms with Gasteiger partial charge in [0.25, 0.3) is 5.91 Å². The summed E-state index contributed by atoms with van der Waals surface area (Å²) in [7, 11) is 0. The van der Waals surface area contributed by atoms with Crippen molar-refractivity contribution in [2.45, 2.75) is 13.5 Å². The summed E-state index contributed by atoms with van der Waals surface area (Å²) in [4.78, 5) is 17.5. The minimum atomic E-state index is -0.176. The molecule has 0 atom stereocenters. The number of H-pyrrole nitrogens is 2. The molecule has 138 valence electrons. The van der Waals surface area contributed by atoms with E-state index in [2.05, 4.69) is 30.7 Å². The van der Waals surface area contributed by atoms with E-state index in [9.17, 15) is 4.79 Å². The first-order valence-electron chi connectivity index (χ1n) is 8.86. The van der Waals surface area contributed by atoms with Gasteiger partial charge in [0, 0.05) is 29.5 Å².